The second-order valence-electron chi connectivity index (χ2n) is 9.97. The summed E-state index contributed by atoms with van der Waals surface area (Å²) in [5.74, 6) is -0.148. The lowest BCUT2D eigenvalue weighted by Crippen LogP contribution is -2.48. The zero-order valence-corrected chi connectivity index (χ0v) is 24.6. The molecule has 2 aliphatic heterocycles. The van der Waals surface area contributed by atoms with Crippen LogP contribution in [0.3, 0.4) is 0 Å². The lowest BCUT2D eigenvalue weighted by atomic mass is 10.1. The van der Waals surface area contributed by atoms with E-state index >= 15 is 0 Å². The minimum absolute atomic E-state index is 0.0533. The summed E-state index contributed by atoms with van der Waals surface area (Å²) in [6.45, 7) is 8.19. The molecule has 204 valence electrons. The molecule has 2 fully saturated rings. The van der Waals surface area contributed by atoms with Gasteiger partial charge < -0.3 is 4.74 Å². The zero-order valence-electron chi connectivity index (χ0n) is 22.1. The Balaban J connectivity index is 1.58. The second-order valence-corrected chi connectivity index (χ2v) is 13.6. The van der Waals surface area contributed by atoms with E-state index in [1.54, 1.807) is 33.9 Å². The van der Waals surface area contributed by atoms with Gasteiger partial charge in [-0.1, -0.05) is 54.3 Å². The van der Waals surface area contributed by atoms with Crippen molar-refractivity contribution in [2.24, 2.45) is 0 Å². The van der Waals surface area contributed by atoms with Crippen LogP contribution in [0.4, 0.5) is 0 Å². The lowest BCUT2D eigenvalue weighted by molar-refractivity contribution is -0.123. The van der Waals surface area contributed by atoms with Crippen molar-refractivity contribution in [3.63, 3.8) is 0 Å². The van der Waals surface area contributed by atoms with Crippen molar-refractivity contribution in [3.8, 4) is 16.9 Å². The molecule has 5 rings (SSSR count). The van der Waals surface area contributed by atoms with Crippen LogP contribution in [-0.4, -0.2) is 69.0 Å². The standard InChI is InChI=1S/C28H30N4O4S3/c1-18(2)32-27(33)25(38-28(32)37)14-22-17-31(23-10-6-5-7-11-23)29-26(22)21-9-8-12-24(13-21)39(34,35)30-15-19(3)36-20(4)16-30/h5-14,17-20H,15-16H2,1-4H3/b25-14-. The van der Waals surface area contributed by atoms with Crippen LogP contribution in [0.15, 0.2) is 70.6 Å². The van der Waals surface area contributed by atoms with Crippen LogP contribution < -0.4 is 0 Å². The van der Waals surface area contributed by atoms with E-state index in [0.717, 1.165) is 5.69 Å². The third-order valence-corrected chi connectivity index (χ3v) is 9.68. The first-order valence-electron chi connectivity index (χ1n) is 12.7. The fourth-order valence-electron chi connectivity index (χ4n) is 4.78. The molecule has 2 atom stereocenters. The molecule has 39 heavy (non-hydrogen) atoms. The number of amides is 1. The predicted molar refractivity (Wildman–Crippen MR) is 158 cm³/mol. The molecule has 11 heteroatoms. The van der Waals surface area contributed by atoms with Crippen LogP contribution in [0.2, 0.25) is 0 Å². The van der Waals surface area contributed by atoms with Crippen LogP contribution in [0.5, 0.6) is 0 Å². The van der Waals surface area contributed by atoms with Gasteiger partial charge in [0.05, 0.1) is 27.7 Å². The summed E-state index contributed by atoms with van der Waals surface area (Å²) < 4.78 is 36.7. The third kappa shape index (κ3) is 5.59. The maximum absolute atomic E-state index is 13.6. The lowest BCUT2D eigenvalue weighted by Gasteiger charge is -2.34. The zero-order chi connectivity index (χ0) is 27.9. The summed E-state index contributed by atoms with van der Waals surface area (Å²) in [5.41, 5.74) is 2.72. The fraction of sp³-hybridized carbons (Fsp3) is 0.321. The molecule has 0 saturated carbocycles. The number of thiocarbonyl (C=S) groups is 1. The maximum atomic E-state index is 13.6. The Morgan fingerprint density at radius 1 is 1.08 bits per heavy atom. The van der Waals surface area contributed by atoms with Gasteiger partial charge in [-0.2, -0.15) is 9.40 Å². The van der Waals surface area contributed by atoms with Crippen molar-refractivity contribution in [1.82, 2.24) is 19.0 Å². The van der Waals surface area contributed by atoms with Crippen LogP contribution in [-0.2, 0) is 19.6 Å². The fourth-order valence-corrected chi connectivity index (χ4v) is 7.93. The molecule has 3 heterocycles. The van der Waals surface area contributed by atoms with Gasteiger partial charge in [-0.05, 0) is 58.0 Å². The van der Waals surface area contributed by atoms with Gasteiger partial charge in [0.2, 0.25) is 10.0 Å². The Morgan fingerprint density at radius 2 is 1.77 bits per heavy atom. The van der Waals surface area contributed by atoms with Crippen LogP contribution in [0, 0.1) is 0 Å². The number of benzene rings is 2. The highest BCUT2D eigenvalue weighted by molar-refractivity contribution is 8.26. The molecule has 1 aromatic heterocycles. The number of para-hydroxylation sites is 1. The molecule has 2 saturated heterocycles. The van der Waals surface area contributed by atoms with Crippen LogP contribution in [0.1, 0.15) is 33.3 Å². The summed E-state index contributed by atoms with van der Waals surface area (Å²) in [6, 6.07) is 16.4. The summed E-state index contributed by atoms with van der Waals surface area (Å²) >= 11 is 6.72. The van der Waals surface area contributed by atoms with E-state index in [-0.39, 0.29) is 29.1 Å². The van der Waals surface area contributed by atoms with E-state index in [4.69, 9.17) is 22.1 Å². The van der Waals surface area contributed by atoms with Gasteiger partial charge in [0, 0.05) is 36.5 Å². The largest absolute Gasteiger partial charge is 0.373 e. The minimum atomic E-state index is -3.75. The molecule has 1 amide bonds. The number of aromatic nitrogens is 2. The Hall–Kier alpha value is -2.83. The van der Waals surface area contributed by atoms with Crippen LogP contribution in [0.25, 0.3) is 23.0 Å². The van der Waals surface area contributed by atoms with Crippen molar-refractivity contribution in [1.29, 1.82) is 0 Å². The van der Waals surface area contributed by atoms with E-state index < -0.39 is 10.0 Å². The summed E-state index contributed by atoms with van der Waals surface area (Å²) in [5, 5.41) is 4.83. The SMILES string of the molecule is CC1CN(S(=O)(=O)c2cccc(-c3nn(-c4ccccc4)cc3/C=C3\SC(=S)N(C(C)C)C3=O)c2)CC(C)O1. The van der Waals surface area contributed by atoms with Crippen molar-refractivity contribution in [2.45, 2.75) is 50.8 Å². The average molecular weight is 583 g/mol. The topological polar surface area (TPSA) is 84.7 Å². The van der Waals surface area contributed by atoms with Gasteiger partial charge in [0.1, 0.15) is 10.0 Å². The van der Waals surface area contributed by atoms with Gasteiger partial charge in [-0.15, -0.1) is 0 Å². The molecule has 2 unspecified atom stereocenters. The second kappa shape index (κ2) is 11.0. The van der Waals surface area contributed by atoms with E-state index in [0.29, 0.717) is 39.1 Å². The number of carbonyl (C=O) groups excluding carboxylic acids is 1. The Kier molecular flexibility index (Phi) is 7.80. The van der Waals surface area contributed by atoms with Gasteiger partial charge in [-0.3, -0.25) is 9.69 Å². The van der Waals surface area contributed by atoms with Gasteiger partial charge >= 0.3 is 0 Å². The quantitative estimate of drug-likeness (QED) is 0.301. The smallest absolute Gasteiger partial charge is 0.266 e. The van der Waals surface area contributed by atoms with E-state index in [2.05, 4.69) is 0 Å². The maximum Gasteiger partial charge on any atom is 0.266 e. The number of hydrogen-bond donors (Lipinski definition) is 0. The van der Waals surface area contributed by atoms with Gasteiger partial charge in [-0.25, -0.2) is 13.1 Å². The number of sulfonamides is 1. The average Bonchev–Trinajstić information content (AvgIpc) is 3.44. The molecule has 0 N–H and O–H groups in total. The number of rotatable bonds is 6. The minimum Gasteiger partial charge on any atom is -0.373 e. The predicted octanol–water partition coefficient (Wildman–Crippen LogP) is 4.95. The number of carbonyl (C=O) groups is 1. The third-order valence-electron chi connectivity index (χ3n) is 6.52. The normalized spacial score (nSPS) is 21.9. The first-order valence-corrected chi connectivity index (χ1v) is 15.4. The van der Waals surface area contributed by atoms with Crippen LogP contribution >= 0.6 is 24.0 Å². The van der Waals surface area contributed by atoms with Gasteiger partial charge in [0.15, 0.2) is 0 Å². The molecule has 0 bridgehead atoms. The molecule has 3 aromatic rings. The molecule has 0 aliphatic carbocycles. The first-order chi connectivity index (χ1) is 18.5. The van der Waals surface area contributed by atoms with E-state index in [1.165, 1.54) is 16.1 Å². The number of ether oxygens (including phenoxy) is 1. The Labute approximate surface area is 238 Å². The van der Waals surface area contributed by atoms with Gasteiger partial charge in [0.25, 0.3) is 5.91 Å². The number of hydrogen-bond acceptors (Lipinski definition) is 7. The monoisotopic (exact) mass is 582 g/mol. The Morgan fingerprint density at radius 3 is 2.41 bits per heavy atom. The summed E-state index contributed by atoms with van der Waals surface area (Å²) in [6.07, 6.45) is 3.25. The summed E-state index contributed by atoms with van der Waals surface area (Å²) in [7, 11) is -3.75. The van der Waals surface area contributed by atoms with E-state index in [9.17, 15) is 13.2 Å². The number of morpholine rings is 1. The molecular weight excluding hydrogens is 553 g/mol. The van der Waals surface area contributed by atoms with Crippen molar-refractivity contribution in [2.75, 3.05) is 13.1 Å². The molecule has 2 aromatic carbocycles. The first kappa shape index (κ1) is 27.7. The van der Waals surface area contributed by atoms with Crippen molar-refractivity contribution >= 4 is 50.3 Å². The van der Waals surface area contributed by atoms with E-state index in [1.807, 2.05) is 70.3 Å². The highest BCUT2D eigenvalue weighted by Crippen LogP contribution is 2.36. The highest BCUT2D eigenvalue weighted by atomic mass is 32.2. The molecule has 8 nitrogen and oxygen atoms in total. The molecule has 0 spiro atoms. The molecule has 0 radical (unpaired) electrons. The molecular formula is C28H30N4O4S3. The Bertz CT molecular complexity index is 1540. The molecule has 2 aliphatic rings. The van der Waals surface area contributed by atoms with Crippen molar-refractivity contribution in [3.05, 3.63) is 71.3 Å². The highest BCUT2D eigenvalue weighted by Gasteiger charge is 2.35. The summed E-state index contributed by atoms with van der Waals surface area (Å²) in [4.78, 5) is 15.4. The number of nitrogens with zero attached hydrogens (tertiary/aromatic N) is 4. The number of thioether (sulfide) groups is 1. The van der Waals surface area contributed by atoms with Crippen molar-refractivity contribution < 1.29 is 17.9 Å².